The van der Waals surface area contributed by atoms with Crippen molar-refractivity contribution >= 4 is 39.5 Å². The van der Waals surface area contributed by atoms with Gasteiger partial charge in [0.05, 0.1) is 6.26 Å². The number of nitrogens with zero attached hydrogens (tertiary/aromatic N) is 4. The Bertz CT molecular complexity index is 1300. The number of amides is 3. The molecule has 3 amide bonds. The van der Waals surface area contributed by atoms with Gasteiger partial charge in [-0.3, -0.25) is 19.1 Å². The minimum atomic E-state index is -0.705. The number of aromatic nitrogens is 3. The molecule has 3 atom stereocenters. The van der Waals surface area contributed by atoms with Gasteiger partial charge in [0.2, 0.25) is 11.8 Å². The summed E-state index contributed by atoms with van der Waals surface area (Å²) in [6, 6.07) is 7.90. The van der Waals surface area contributed by atoms with E-state index in [4.69, 9.17) is 10.2 Å². The Labute approximate surface area is 203 Å². The summed E-state index contributed by atoms with van der Waals surface area (Å²) in [6.45, 7) is 3.78. The number of pyridine rings is 1. The number of nitrogens with two attached hydrogens (primary N) is 1. The van der Waals surface area contributed by atoms with Crippen LogP contribution in [0.3, 0.4) is 0 Å². The number of carbonyl (C=O) groups is 3. The van der Waals surface area contributed by atoms with Crippen molar-refractivity contribution < 1.29 is 18.8 Å². The molecular formula is C23H23BrN6O4. The maximum Gasteiger partial charge on any atom is 0.269 e. The molecule has 3 aromatic heterocycles. The number of piperidine rings is 1. The number of fused-ring (bicyclic) bond motifs is 1. The van der Waals surface area contributed by atoms with E-state index < -0.39 is 11.9 Å². The van der Waals surface area contributed by atoms with Gasteiger partial charge in [-0.15, -0.1) is 0 Å². The first-order valence-corrected chi connectivity index (χ1v) is 11.6. The van der Waals surface area contributed by atoms with Crippen molar-refractivity contribution in [2.24, 2.45) is 11.1 Å². The van der Waals surface area contributed by atoms with Crippen LogP contribution in [0, 0.1) is 12.3 Å². The monoisotopic (exact) mass is 526 g/mol. The van der Waals surface area contributed by atoms with Crippen LogP contribution in [0.4, 0.5) is 5.82 Å². The number of furan rings is 1. The highest BCUT2D eigenvalue weighted by atomic mass is 79.9. The predicted molar refractivity (Wildman–Crippen MR) is 126 cm³/mol. The molecule has 1 saturated carbocycles. The zero-order valence-corrected chi connectivity index (χ0v) is 20.2. The van der Waals surface area contributed by atoms with Gasteiger partial charge in [0.25, 0.3) is 5.91 Å². The summed E-state index contributed by atoms with van der Waals surface area (Å²) < 4.78 is 7.44. The number of carbonyl (C=O) groups excluding carboxylic acids is 3. The summed E-state index contributed by atoms with van der Waals surface area (Å²) >= 11 is 3.33. The van der Waals surface area contributed by atoms with E-state index in [0.717, 1.165) is 12.0 Å². The summed E-state index contributed by atoms with van der Waals surface area (Å²) in [5.41, 5.74) is 6.62. The smallest absolute Gasteiger partial charge is 0.269 e. The number of likely N-dealkylation sites (tertiary alicyclic amines) is 1. The van der Waals surface area contributed by atoms with Crippen molar-refractivity contribution in [2.75, 3.05) is 5.32 Å². The summed E-state index contributed by atoms with van der Waals surface area (Å²) in [7, 11) is 0. The zero-order chi connectivity index (χ0) is 24.2. The lowest BCUT2D eigenvalue weighted by atomic mass is 10.0. The second kappa shape index (κ2) is 8.08. The summed E-state index contributed by atoms with van der Waals surface area (Å²) in [5.74, 6) is -0.340. The average molecular weight is 527 g/mol. The van der Waals surface area contributed by atoms with Gasteiger partial charge in [-0.25, -0.2) is 4.98 Å². The van der Waals surface area contributed by atoms with Crippen molar-refractivity contribution in [3.8, 4) is 11.5 Å². The van der Waals surface area contributed by atoms with Gasteiger partial charge < -0.3 is 20.4 Å². The van der Waals surface area contributed by atoms with Gasteiger partial charge in [-0.05, 0) is 64.9 Å². The maximum atomic E-state index is 13.5. The first-order valence-electron chi connectivity index (χ1n) is 10.8. The minimum Gasteiger partial charge on any atom is -0.463 e. The Hall–Kier alpha value is -3.47. The van der Waals surface area contributed by atoms with Gasteiger partial charge in [-0.1, -0.05) is 13.0 Å². The Morgan fingerprint density at radius 2 is 2.09 bits per heavy atom. The van der Waals surface area contributed by atoms with Crippen molar-refractivity contribution in [1.29, 1.82) is 0 Å². The summed E-state index contributed by atoms with van der Waals surface area (Å²) in [4.78, 5) is 44.4. The minimum absolute atomic E-state index is 0.0226. The van der Waals surface area contributed by atoms with E-state index in [-0.39, 0.29) is 35.5 Å². The predicted octanol–water partition coefficient (Wildman–Crippen LogP) is 2.73. The number of anilines is 1. The molecule has 0 radical (unpaired) electrons. The zero-order valence-electron chi connectivity index (χ0n) is 18.6. The number of hydrogen-bond donors (Lipinski definition) is 2. The molecule has 34 heavy (non-hydrogen) atoms. The van der Waals surface area contributed by atoms with Crippen LogP contribution in [0.25, 0.3) is 11.5 Å². The molecule has 0 bridgehead atoms. The van der Waals surface area contributed by atoms with Gasteiger partial charge >= 0.3 is 0 Å². The Balaban J connectivity index is 1.40. The molecule has 3 aromatic rings. The van der Waals surface area contributed by atoms with E-state index in [0.29, 0.717) is 28.3 Å². The molecule has 5 rings (SSSR count). The fourth-order valence-electron chi connectivity index (χ4n) is 4.68. The van der Waals surface area contributed by atoms with Crippen LogP contribution in [0.5, 0.6) is 0 Å². The first kappa shape index (κ1) is 22.3. The second-order valence-electron chi connectivity index (χ2n) is 9.10. The second-order valence-corrected chi connectivity index (χ2v) is 9.91. The Kier molecular flexibility index (Phi) is 5.31. The number of primary amides is 1. The van der Waals surface area contributed by atoms with Crippen LogP contribution < -0.4 is 11.1 Å². The molecule has 2 fully saturated rings. The van der Waals surface area contributed by atoms with Gasteiger partial charge in [-0.2, -0.15) is 5.10 Å². The fourth-order valence-corrected chi connectivity index (χ4v) is 4.99. The molecule has 3 N–H and O–H groups in total. The van der Waals surface area contributed by atoms with Crippen molar-refractivity contribution in [3.05, 3.63) is 52.5 Å². The highest BCUT2D eigenvalue weighted by molar-refractivity contribution is 9.10. The van der Waals surface area contributed by atoms with E-state index in [9.17, 15) is 14.4 Å². The van der Waals surface area contributed by atoms with Crippen LogP contribution in [-0.4, -0.2) is 49.5 Å². The quantitative estimate of drug-likeness (QED) is 0.473. The summed E-state index contributed by atoms with van der Waals surface area (Å²) in [6.07, 6.45) is 2.90. The summed E-state index contributed by atoms with van der Waals surface area (Å²) in [5, 5.41) is 7.09. The normalized spacial score (nSPS) is 23.0. The van der Waals surface area contributed by atoms with E-state index in [1.807, 2.05) is 13.0 Å². The SMILES string of the molecule is Cc1ccc(Br)nc1NC(=O)[C@@H]1C[C@@]2(C)C[C@H]2N1C(=O)Cn1nc(C(N)=O)cc1-c1ccco1. The fraction of sp³-hybridized carbons (Fsp3) is 0.348. The largest absolute Gasteiger partial charge is 0.463 e. The third kappa shape index (κ3) is 3.89. The Morgan fingerprint density at radius 1 is 1.29 bits per heavy atom. The standard InChI is InChI=1S/C23H23BrN6O4/c1-12-5-6-18(24)26-21(12)27-22(33)15-9-23(2)10-17(23)30(15)19(31)11-29-14(16-4-3-7-34-16)8-13(28-29)20(25)32/h3-8,15,17H,9-11H2,1-2H3,(H2,25,32)(H,26,27,33)/t15-,17+,23-/m0/s1. The van der Waals surface area contributed by atoms with Gasteiger partial charge in [0, 0.05) is 12.1 Å². The number of halogens is 1. The van der Waals surface area contributed by atoms with Crippen molar-refractivity contribution in [3.63, 3.8) is 0 Å². The molecule has 1 aliphatic heterocycles. The van der Waals surface area contributed by atoms with E-state index in [2.05, 4.69) is 38.3 Å². The molecule has 176 valence electrons. The molecule has 1 aliphatic carbocycles. The third-order valence-corrected chi connectivity index (χ3v) is 7.06. The maximum absolute atomic E-state index is 13.5. The number of nitrogens with one attached hydrogen (secondary N) is 1. The lowest BCUT2D eigenvalue weighted by molar-refractivity contribution is -0.138. The van der Waals surface area contributed by atoms with Crippen molar-refractivity contribution in [1.82, 2.24) is 19.7 Å². The topological polar surface area (TPSA) is 136 Å². The molecule has 11 heteroatoms. The number of hydrogen-bond acceptors (Lipinski definition) is 6. The molecule has 0 spiro atoms. The van der Waals surface area contributed by atoms with E-state index in [1.54, 1.807) is 23.1 Å². The molecular weight excluding hydrogens is 504 g/mol. The number of aryl methyl sites for hydroxylation is 1. The molecule has 0 unspecified atom stereocenters. The number of rotatable bonds is 6. The van der Waals surface area contributed by atoms with Crippen LogP contribution >= 0.6 is 15.9 Å². The lowest BCUT2D eigenvalue weighted by Gasteiger charge is -2.27. The first-order chi connectivity index (χ1) is 16.2. The van der Waals surface area contributed by atoms with Crippen LogP contribution in [-0.2, 0) is 16.1 Å². The molecule has 4 heterocycles. The average Bonchev–Trinajstić information content (AvgIpc) is 3.22. The highest BCUT2D eigenvalue weighted by Gasteiger charge is 2.64. The van der Waals surface area contributed by atoms with Gasteiger partial charge in [0.15, 0.2) is 11.5 Å². The van der Waals surface area contributed by atoms with Crippen molar-refractivity contribution in [2.45, 2.75) is 45.3 Å². The van der Waals surface area contributed by atoms with E-state index >= 15 is 0 Å². The third-order valence-electron chi connectivity index (χ3n) is 6.62. The van der Waals surface area contributed by atoms with E-state index in [1.165, 1.54) is 17.0 Å². The lowest BCUT2D eigenvalue weighted by Crippen LogP contribution is -2.47. The van der Waals surface area contributed by atoms with Crippen LogP contribution in [0.1, 0.15) is 35.8 Å². The molecule has 2 aliphatic rings. The van der Waals surface area contributed by atoms with Gasteiger partial charge in [0.1, 0.15) is 28.7 Å². The van der Waals surface area contributed by atoms with Crippen LogP contribution in [0.2, 0.25) is 0 Å². The molecule has 1 saturated heterocycles. The molecule has 10 nitrogen and oxygen atoms in total. The molecule has 0 aromatic carbocycles. The Morgan fingerprint density at radius 3 is 2.79 bits per heavy atom. The highest BCUT2D eigenvalue weighted by Crippen LogP contribution is 2.59. The van der Waals surface area contributed by atoms with Crippen LogP contribution in [0.15, 0.2) is 45.6 Å².